The molecule has 7 nitrogen and oxygen atoms in total. The number of methoxy groups -OCH3 is 2. The Labute approximate surface area is 156 Å². The van der Waals surface area contributed by atoms with E-state index < -0.39 is 11.9 Å². The van der Waals surface area contributed by atoms with Crippen LogP contribution in [0.1, 0.15) is 24.8 Å². The zero-order valence-corrected chi connectivity index (χ0v) is 15.6. The van der Waals surface area contributed by atoms with E-state index in [1.807, 2.05) is 0 Å². The van der Waals surface area contributed by atoms with Crippen LogP contribution in [0.25, 0.3) is 0 Å². The Morgan fingerprint density at radius 3 is 2.69 bits per heavy atom. The molecule has 138 valence electrons. The van der Waals surface area contributed by atoms with Crippen molar-refractivity contribution in [2.75, 3.05) is 26.6 Å². The number of hydrogen-bond donors (Lipinski definition) is 1. The van der Waals surface area contributed by atoms with Gasteiger partial charge in [0.15, 0.2) is 11.5 Å². The van der Waals surface area contributed by atoms with Gasteiger partial charge in [0.05, 0.1) is 43.3 Å². The summed E-state index contributed by atoms with van der Waals surface area (Å²) in [6.07, 6.45) is 0.141. The Balaban J connectivity index is 2.34. The van der Waals surface area contributed by atoms with Crippen LogP contribution in [0, 0.1) is 11.3 Å². The van der Waals surface area contributed by atoms with Crippen LogP contribution in [-0.2, 0) is 14.3 Å². The van der Waals surface area contributed by atoms with Crippen LogP contribution in [0.15, 0.2) is 28.8 Å². The Kier molecular flexibility index (Phi) is 6.92. The number of benzene rings is 1. The molecule has 1 aromatic rings. The monoisotopic (exact) mass is 376 g/mol. The maximum atomic E-state index is 12.1. The summed E-state index contributed by atoms with van der Waals surface area (Å²) >= 11 is 1.09. The number of carbonyl (C=O) groups is 2. The summed E-state index contributed by atoms with van der Waals surface area (Å²) in [4.78, 5) is 23.7. The molecule has 0 saturated carbocycles. The summed E-state index contributed by atoms with van der Waals surface area (Å²) < 4.78 is 15.4. The molecule has 1 unspecified atom stereocenters. The van der Waals surface area contributed by atoms with Gasteiger partial charge in [-0.25, -0.2) is 0 Å². The second-order valence-corrected chi connectivity index (χ2v) is 6.35. The minimum absolute atomic E-state index is 0.0211. The van der Waals surface area contributed by atoms with Crippen LogP contribution in [0.5, 0.6) is 11.5 Å². The first-order chi connectivity index (χ1) is 12.5. The van der Waals surface area contributed by atoms with Crippen molar-refractivity contribution < 1.29 is 23.8 Å². The largest absolute Gasteiger partial charge is 0.493 e. The lowest BCUT2D eigenvalue weighted by atomic mass is 9.87. The van der Waals surface area contributed by atoms with Crippen molar-refractivity contribution in [2.45, 2.75) is 19.3 Å². The number of rotatable bonds is 7. The highest BCUT2D eigenvalue weighted by atomic mass is 32.2. The third kappa shape index (κ3) is 4.49. The van der Waals surface area contributed by atoms with E-state index in [2.05, 4.69) is 11.4 Å². The Bertz CT molecular complexity index is 769. The molecule has 1 atom stereocenters. The summed E-state index contributed by atoms with van der Waals surface area (Å²) in [6, 6.07) is 7.46. The lowest BCUT2D eigenvalue weighted by molar-refractivity contribution is -0.139. The van der Waals surface area contributed by atoms with Crippen LogP contribution >= 0.6 is 11.8 Å². The molecule has 0 radical (unpaired) electrons. The molecule has 26 heavy (non-hydrogen) atoms. The van der Waals surface area contributed by atoms with Crippen molar-refractivity contribution in [1.82, 2.24) is 5.32 Å². The Morgan fingerprint density at radius 1 is 1.35 bits per heavy atom. The number of thioether (sulfide) groups is 1. The van der Waals surface area contributed by atoms with E-state index in [0.29, 0.717) is 22.1 Å². The van der Waals surface area contributed by atoms with Gasteiger partial charge in [-0.3, -0.25) is 9.59 Å². The Hall–Kier alpha value is -2.66. The van der Waals surface area contributed by atoms with Gasteiger partial charge < -0.3 is 19.5 Å². The molecule has 0 bridgehead atoms. The molecular formula is C18H20N2O5S. The quantitative estimate of drug-likeness (QED) is 0.729. The molecule has 0 aliphatic carbocycles. The zero-order valence-electron chi connectivity index (χ0n) is 14.8. The first-order valence-electron chi connectivity index (χ1n) is 7.98. The summed E-state index contributed by atoms with van der Waals surface area (Å²) in [5.74, 6) is 0.0795. The van der Waals surface area contributed by atoms with E-state index in [0.717, 1.165) is 17.3 Å². The fraction of sp³-hybridized carbons (Fsp3) is 0.389. The highest BCUT2D eigenvalue weighted by Crippen LogP contribution is 2.39. The predicted molar refractivity (Wildman–Crippen MR) is 96.8 cm³/mol. The van der Waals surface area contributed by atoms with E-state index in [4.69, 9.17) is 14.2 Å². The SMILES string of the molecule is CCOC(=O)CSC1=C(C#N)C(c2ccc(OC)c(OC)c2)CC(=O)N1. The normalized spacial score (nSPS) is 16.5. The molecule has 8 heteroatoms. The van der Waals surface area contributed by atoms with Gasteiger partial charge in [-0.1, -0.05) is 17.8 Å². The van der Waals surface area contributed by atoms with Crippen molar-refractivity contribution >= 4 is 23.6 Å². The molecule has 1 aliphatic rings. The molecule has 1 aromatic carbocycles. The van der Waals surface area contributed by atoms with Crippen molar-refractivity contribution in [3.63, 3.8) is 0 Å². The molecule has 1 heterocycles. The number of nitrogens with one attached hydrogen (secondary N) is 1. The van der Waals surface area contributed by atoms with E-state index >= 15 is 0 Å². The average molecular weight is 376 g/mol. The summed E-state index contributed by atoms with van der Waals surface area (Å²) in [6.45, 7) is 2.00. The van der Waals surface area contributed by atoms with Gasteiger partial charge in [0.25, 0.3) is 0 Å². The summed E-state index contributed by atoms with van der Waals surface area (Å²) in [7, 11) is 3.06. The smallest absolute Gasteiger partial charge is 0.316 e. The van der Waals surface area contributed by atoms with Crippen molar-refractivity contribution in [2.24, 2.45) is 0 Å². The van der Waals surface area contributed by atoms with Crippen molar-refractivity contribution in [3.05, 3.63) is 34.4 Å². The average Bonchev–Trinajstić information content (AvgIpc) is 2.65. The zero-order chi connectivity index (χ0) is 19.1. The summed E-state index contributed by atoms with van der Waals surface area (Å²) in [5, 5.41) is 12.7. The van der Waals surface area contributed by atoms with Crippen molar-refractivity contribution in [3.8, 4) is 17.6 Å². The fourth-order valence-corrected chi connectivity index (χ4v) is 3.50. The molecule has 0 aromatic heterocycles. The molecule has 0 spiro atoms. The minimum Gasteiger partial charge on any atom is -0.493 e. The summed E-state index contributed by atoms with van der Waals surface area (Å²) in [5.41, 5.74) is 1.18. The van der Waals surface area contributed by atoms with Gasteiger partial charge in [0.2, 0.25) is 5.91 Å². The van der Waals surface area contributed by atoms with Crippen LogP contribution < -0.4 is 14.8 Å². The number of hydrogen-bond acceptors (Lipinski definition) is 7. The van der Waals surface area contributed by atoms with Crippen LogP contribution in [0.2, 0.25) is 0 Å². The maximum absolute atomic E-state index is 12.1. The third-order valence-electron chi connectivity index (χ3n) is 3.81. The highest BCUT2D eigenvalue weighted by molar-refractivity contribution is 8.03. The molecular weight excluding hydrogens is 356 g/mol. The molecule has 2 rings (SSSR count). The van der Waals surface area contributed by atoms with E-state index in [1.165, 1.54) is 14.2 Å². The standard InChI is InChI=1S/C18H20N2O5S/c1-4-25-17(22)10-26-18-13(9-19)12(8-16(21)20-18)11-5-6-14(23-2)15(7-11)24-3/h5-7,12H,4,8,10H2,1-3H3,(H,20,21). The van der Waals surface area contributed by atoms with Gasteiger partial charge in [0.1, 0.15) is 0 Å². The Morgan fingerprint density at radius 2 is 2.08 bits per heavy atom. The number of ether oxygens (including phenoxy) is 3. The first kappa shape index (κ1) is 19.7. The lowest BCUT2D eigenvalue weighted by Gasteiger charge is -2.25. The first-order valence-corrected chi connectivity index (χ1v) is 8.97. The van der Waals surface area contributed by atoms with Crippen LogP contribution in [0.3, 0.4) is 0 Å². The molecule has 1 amide bonds. The van der Waals surface area contributed by atoms with Crippen LogP contribution in [-0.4, -0.2) is 38.5 Å². The van der Waals surface area contributed by atoms with E-state index in [9.17, 15) is 14.9 Å². The van der Waals surface area contributed by atoms with Gasteiger partial charge in [-0.05, 0) is 24.6 Å². The third-order valence-corrected chi connectivity index (χ3v) is 4.80. The number of nitriles is 1. The maximum Gasteiger partial charge on any atom is 0.316 e. The number of carbonyl (C=O) groups excluding carboxylic acids is 2. The van der Waals surface area contributed by atoms with Crippen LogP contribution in [0.4, 0.5) is 0 Å². The molecule has 1 aliphatic heterocycles. The second kappa shape index (κ2) is 9.15. The van der Waals surface area contributed by atoms with Gasteiger partial charge >= 0.3 is 5.97 Å². The van der Waals surface area contributed by atoms with Gasteiger partial charge in [-0.15, -0.1) is 0 Å². The topological polar surface area (TPSA) is 97.7 Å². The highest BCUT2D eigenvalue weighted by Gasteiger charge is 2.30. The molecule has 0 fully saturated rings. The van der Waals surface area contributed by atoms with E-state index in [1.54, 1.807) is 25.1 Å². The van der Waals surface area contributed by atoms with Gasteiger partial charge in [-0.2, -0.15) is 5.26 Å². The van der Waals surface area contributed by atoms with Crippen molar-refractivity contribution in [1.29, 1.82) is 5.26 Å². The van der Waals surface area contributed by atoms with E-state index in [-0.39, 0.29) is 24.7 Å². The second-order valence-electron chi connectivity index (χ2n) is 5.37. The number of esters is 1. The fourth-order valence-electron chi connectivity index (χ4n) is 2.62. The number of nitrogens with zero attached hydrogens (tertiary/aromatic N) is 1. The number of amides is 1. The number of allylic oxidation sites excluding steroid dienone is 1. The predicted octanol–water partition coefficient (Wildman–Crippen LogP) is 2.34. The molecule has 0 saturated heterocycles. The molecule has 1 N–H and O–H groups in total. The lowest BCUT2D eigenvalue weighted by Crippen LogP contribution is -2.31. The van der Waals surface area contributed by atoms with Gasteiger partial charge in [0, 0.05) is 12.3 Å². The minimum atomic E-state index is -0.418.